The average molecular weight is 947 g/mol. The summed E-state index contributed by atoms with van der Waals surface area (Å²) in [7, 11) is 0. The van der Waals surface area contributed by atoms with Gasteiger partial charge in [-0.25, -0.2) is 9.97 Å². The van der Waals surface area contributed by atoms with Gasteiger partial charge in [0.05, 0.1) is 44.5 Å². The van der Waals surface area contributed by atoms with Crippen LogP contribution in [0.15, 0.2) is 279 Å². The highest BCUT2D eigenvalue weighted by molar-refractivity contribution is 6.10. The van der Waals surface area contributed by atoms with Gasteiger partial charge in [-0.15, -0.1) is 0 Å². The molecule has 0 saturated heterocycles. The second-order valence-electron chi connectivity index (χ2n) is 18.6. The molecule has 0 spiro atoms. The molecule has 0 atom stereocenters. The van der Waals surface area contributed by atoms with Crippen LogP contribution in [0.1, 0.15) is 0 Å². The zero-order valence-corrected chi connectivity index (χ0v) is 40.2. The number of fused-ring (bicyclic) bond motifs is 7. The molecule has 0 fully saturated rings. The highest BCUT2D eigenvalue weighted by atomic mass is 15.1. The third-order valence-corrected chi connectivity index (χ3v) is 14.3. The molecule has 0 radical (unpaired) electrons. The van der Waals surface area contributed by atoms with Gasteiger partial charge in [-0.1, -0.05) is 146 Å². The molecule has 6 heteroatoms. The fourth-order valence-corrected chi connectivity index (χ4v) is 10.9. The summed E-state index contributed by atoms with van der Waals surface area (Å²) in [6, 6.07) is 99.1. The SMILES string of the molecule is c1ccc(N(c2ccc(-c3nc4ccccc4nc3-c3ccc(N(c4ccccc4)c4ccc(-n5c6ccccc6c6ccccc65)cc4)cc3)cc2)c2ccc(-n3c4ccccc4c4ccccc43)cc2)cc1. The molecule has 0 bridgehead atoms. The van der Waals surface area contributed by atoms with Gasteiger partial charge in [0.25, 0.3) is 0 Å². The molecule has 6 nitrogen and oxygen atoms in total. The fourth-order valence-electron chi connectivity index (χ4n) is 10.9. The van der Waals surface area contributed by atoms with E-state index in [2.05, 4.69) is 274 Å². The van der Waals surface area contributed by atoms with E-state index in [1.807, 2.05) is 24.3 Å². The van der Waals surface area contributed by atoms with Crippen LogP contribution in [-0.2, 0) is 0 Å². The van der Waals surface area contributed by atoms with E-state index in [0.29, 0.717) is 0 Å². The first-order valence-electron chi connectivity index (χ1n) is 25.1. The zero-order valence-electron chi connectivity index (χ0n) is 40.2. The van der Waals surface area contributed by atoms with E-state index in [-0.39, 0.29) is 0 Å². The first kappa shape index (κ1) is 42.8. The standard InChI is InChI=1S/C68H46N6/c1-3-17-49(18-4-1)71(53-39-43-55(44-40-53)73-63-27-13-7-21-57(63)58-22-8-14-28-64(58)73)51-35-31-47(32-36-51)67-68(70-62-26-12-11-25-61(62)69-67)48-33-37-52(38-34-48)72(50-19-5-2-6-20-50)54-41-45-56(46-42-54)74-65-29-15-9-23-59(65)60-24-10-16-30-66(60)74/h1-46H. The van der Waals surface area contributed by atoms with Crippen LogP contribution in [0.5, 0.6) is 0 Å². The maximum atomic E-state index is 5.32. The van der Waals surface area contributed by atoms with Crippen molar-refractivity contribution in [3.63, 3.8) is 0 Å². The normalized spacial score (nSPS) is 11.5. The first-order chi connectivity index (χ1) is 36.7. The highest BCUT2D eigenvalue weighted by Crippen LogP contribution is 2.41. The van der Waals surface area contributed by atoms with E-state index in [1.165, 1.54) is 43.6 Å². The lowest BCUT2D eigenvalue weighted by Crippen LogP contribution is -2.10. The van der Waals surface area contributed by atoms with Crippen LogP contribution in [0.4, 0.5) is 34.1 Å². The number of para-hydroxylation sites is 8. The van der Waals surface area contributed by atoms with Crippen LogP contribution in [-0.4, -0.2) is 19.1 Å². The van der Waals surface area contributed by atoms with Crippen molar-refractivity contribution < 1.29 is 0 Å². The van der Waals surface area contributed by atoms with Crippen molar-refractivity contribution in [3.05, 3.63) is 279 Å². The quantitative estimate of drug-likeness (QED) is 0.137. The molecule has 74 heavy (non-hydrogen) atoms. The number of hydrogen-bond acceptors (Lipinski definition) is 4. The van der Waals surface area contributed by atoms with E-state index in [0.717, 1.165) is 79.0 Å². The molecule has 11 aromatic carbocycles. The van der Waals surface area contributed by atoms with Crippen molar-refractivity contribution in [2.24, 2.45) is 0 Å². The summed E-state index contributed by atoms with van der Waals surface area (Å²) in [6.45, 7) is 0. The summed E-state index contributed by atoms with van der Waals surface area (Å²) in [5, 5.41) is 4.99. The number of anilines is 6. The second-order valence-corrected chi connectivity index (χ2v) is 18.6. The summed E-state index contributed by atoms with van der Waals surface area (Å²) in [6.07, 6.45) is 0. The molecule has 0 aliphatic heterocycles. The van der Waals surface area contributed by atoms with Crippen LogP contribution in [0.2, 0.25) is 0 Å². The van der Waals surface area contributed by atoms with Gasteiger partial charge in [0, 0.05) is 78.2 Å². The molecule has 0 saturated carbocycles. The largest absolute Gasteiger partial charge is 0.311 e. The Labute approximate surface area is 428 Å². The smallest absolute Gasteiger partial charge is 0.0973 e. The first-order valence-corrected chi connectivity index (χ1v) is 25.1. The Morgan fingerprint density at radius 3 is 0.811 bits per heavy atom. The fraction of sp³-hybridized carbons (Fsp3) is 0. The Balaban J connectivity index is 0.812. The monoisotopic (exact) mass is 946 g/mol. The summed E-state index contributed by atoms with van der Waals surface area (Å²) >= 11 is 0. The minimum absolute atomic E-state index is 0.824. The Hall–Kier alpha value is -10.0. The van der Waals surface area contributed by atoms with E-state index in [4.69, 9.17) is 9.97 Å². The van der Waals surface area contributed by atoms with Gasteiger partial charge in [0.1, 0.15) is 0 Å². The molecule has 14 rings (SSSR count). The minimum atomic E-state index is 0.824. The van der Waals surface area contributed by atoms with Gasteiger partial charge in [-0.2, -0.15) is 0 Å². The van der Waals surface area contributed by atoms with Crippen molar-refractivity contribution >= 4 is 88.8 Å². The van der Waals surface area contributed by atoms with E-state index >= 15 is 0 Å². The molecule has 0 amide bonds. The lowest BCUT2D eigenvalue weighted by atomic mass is 10.0. The van der Waals surface area contributed by atoms with Crippen molar-refractivity contribution in [2.75, 3.05) is 9.80 Å². The molecular weight excluding hydrogens is 901 g/mol. The van der Waals surface area contributed by atoms with Crippen molar-refractivity contribution in [1.82, 2.24) is 19.1 Å². The zero-order chi connectivity index (χ0) is 49.0. The van der Waals surface area contributed by atoms with Gasteiger partial charge < -0.3 is 18.9 Å². The lowest BCUT2D eigenvalue weighted by Gasteiger charge is -2.26. The van der Waals surface area contributed by atoms with Crippen molar-refractivity contribution in [1.29, 1.82) is 0 Å². The summed E-state index contributed by atoms with van der Waals surface area (Å²) in [4.78, 5) is 15.3. The van der Waals surface area contributed by atoms with E-state index in [9.17, 15) is 0 Å². The van der Waals surface area contributed by atoms with Gasteiger partial charge in [0.15, 0.2) is 0 Å². The van der Waals surface area contributed by atoms with Crippen LogP contribution >= 0.6 is 0 Å². The predicted molar refractivity (Wildman–Crippen MR) is 308 cm³/mol. The highest BCUT2D eigenvalue weighted by Gasteiger charge is 2.20. The number of aromatic nitrogens is 4. The number of benzene rings is 11. The van der Waals surface area contributed by atoms with Crippen LogP contribution in [0, 0.1) is 0 Å². The summed E-state index contributed by atoms with van der Waals surface area (Å²) < 4.78 is 4.72. The summed E-state index contributed by atoms with van der Waals surface area (Å²) in [5.41, 5.74) is 18.6. The van der Waals surface area contributed by atoms with Gasteiger partial charge in [-0.3, -0.25) is 0 Å². The molecule has 348 valence electrons. The maximum absolute atomic E-state index is 5.32. The second kappa shape index (κ2) is 18.0. The molecular formula is C68H46N6. The van der Waals surface area contributed by atoms with Gasteiger partial charge in [-0.05, 0) is 133 Å². The third-order valence-electron chi connectivity index (χ3n) is 14.3. The molecule has 3 aromatic heterocycles. The Morgan fingerprint density at radius 1 is 0.230 bits per heavy atom. The third kappa shape index (κ3) is 7.35. The van der Waals surface area contributed by atoms with Crippen molar-refractivity contribution in [2.45, 2.75) is 0 Å². The molecule has 0 N–H and O–H groups in total. The van der Waals surface area contributed by atoms with E-state index < -0.39 is 0 Å². The van der Waals surface area contributed by atoms with Crippen molar-refractivity contribution in [3.8, 4) is 33.9 Å². The number of hydrogen-bond donors (Lipinski definition) is 0. The lowest BCUT2D eigenvalue weighted by molar-refractivity contribution is 1.17. The number of rotatable bonds is 10. The van der Waals surface area contributed by atoms with Gasteiger partial charge >= 0.3 is 0 Å². The predicted octanol–water partition coefficient (Wildman–Crippen LogP) is 18.1. The molecule has 0 aliphatic carbocycles. The minimum Gasteiger partial charge on any atom is -0.311 e. The number of nitrogens with zero attached hydrogens (tertiary/aromatic N) is 6. The average Bonchev–Trinajstić information content (AvgIpc) is 4.00. The van der Waals surface area contributed by atoms with Crippen LogP contribution in [0.25, 0.3) is 88.5 Å². The van der Waals surface area contributed by atoms with E-state index in [1.54, 1.807) is 0 Å². The van der Waals surface area contributed by atoms with Gasteiger partial charge in [0.2, 0.25) is 0 Å². The van der Waals surface area contributed by atoms with Crippen LogP contribution in [0.3, 0.4) is 0 Å². The molecule has 14 aromatic rings. The Kier molecular flexibility index (Phi) is 10.4. The summed E-state index contributed by atoms with van der Waals surface area (Å²) in [5.74, 6) is 0. The van der Waals surface area contributed by atoms with Crippen LogP contribution < -0.4 is 9.80 Å². The molecule has 0 aliphatic rings. The molecule has 0 unspecified atom stereocenters. The Bertz CT molecular complexity index is 3940. The molecule has 3 heterocycles. The Morgan fingerprint density at radius 2 is 0.486 bits per heavy atom. The maximum Gasteiger partial charge on any atom is 0.0973 e. The topological polar surface area (TPSA) is 42.1 Å².